The molecule has 45 heavy (non-hydrogen) atoms. The van der Waals surface area contributed by atoms with E-state index in [4.69, 9.17) is 0 Å². The molecule has 2 amide bonds. The second-order valence-corrected chi connectivity index (χ2v) is 13.6. The van der Waals surface area contributed by atoms with Gasteiger partial charge in [-0.1, -0.05) is 109 Å². The standard InChI is InChI=1S/C36H40BrN3O4S/c1-3-5-24-38-36(42)34(25-29-12-8-6-9-13-29)39(26-30-16-20-31(37)21-17-30)35(41)27-40(32-22-18-28(4-2)19-23-32)45(43,44)33-14-10-7-11-15-33/h6-23,34H,3-5,24-27H2,1-2H3,(H,38,42)/t34-/m1/s1. The molecule has 0 aliphatic heterocycles. The fraction of sp³-hybridized carbons (Fsp3) is 0.278. The van der Waals surface area contributed by atoms with E-state index < -0.39 is 28.5 Å². The Labute approximate surface area is 275 Å². The predicted octanol–water partition coefficient (Wildman–Crippen LogP) is 6.76. The Hall–Kier alpha value is -3.95. The van der Waals surface area contributed by atoms with Gasteiger partial charge in [-0.05, 0) is 65.9 Å². The van der Waals surface area contributed by atoms with Crippen molar-refractivity contribution in [3.05, 3.63) is 130 Å². The van der Waals surface area contributed by atoms with E-state index >= 15 is 0 Å². The van der Waals surface area contributed by atoms with Crippen molar-refractivity contribution in [1.82, 2.24) is 10.2 Å². The molecule has 1 atom stereocenters. The van der Waals surface area contributed by atoms with Gasteiger partial charge < -0.3 is 10.2 Å². The third-order valence-electron chi connectivity index (χ3n) is 7.61. The molecule has 7 nitrogen and oxygen atoms in total. The van der Waals surface area contributed by atoms with Crippen molar-refractivity contribution in [2.75, 3.05) is 17.4 Å². The molecule has 0 aliphatic rings. The number of halogens is 1. The number of rotatable bonds is 15. The van der Waals surface area contributed by atoms with Crippen LogP contribution in [0.1, 0.15) is 43.4 Å². The van der Waals surface area contributed by atoms with Crippen LogP contribution in [0.4, 0.5) is 5.69 Å². The summed E-state index contributed by atoms with van der Waals surface area (Å²) in [6, 6.07) is 31.5. The number of benzene rings is 4. The maximum Gasteiger partial charge on any atom is 0.264 e. The van der Waals surface area contributed by atoms with Crippen LogP contribution in [0, 0.1) is 0 Å². The Morgan fingerprint density at radius 1 is 0.778 bits per heavy atom. The first kappa shape index (κ1) is 33.9. The van der Waals surface area contributed by atoms with Gasteiger partial charge in [-0.25, -0.2) is 8.42 Å². The number of aryl methyl sites for hydroxylation is 1. The van der Waals surface area contributed by atoms with Crippen LogP contribution in [0.25, 0.3) is 0 Å². The highest BCUT2D eigenvalue weighted by Gasteiger charge is 2.34. The van der Waals surface area contributed by atoms with Crippen LogP contribution < -0.4 is 9.62 Å². The van der Waals surface area contributed by atoms with Gasteiger partial charge in [-0.15, -0.1) is 0 Å². The van der Waals surface area contributed by atoms with E-state index in [0.29, 0.717) is 12.2 Å². The number of amides is 2. The van der Waals surface area contributed by atoms with Crippen molar-refractivity contribution in [3.63, 3.8) is 0 Å². The summed E-state index contributed by atoms with van der Waals surface area (Å²) in [6.07, 6.45) is 2.78. The van der Waals surface area contributed by atoms with Crippen molar-refractivity contribution >= 4 is 43.5 Å². The number of nitrogens with zero attached hydrogens (tertiary/aromatic N) is 2. The minimum absolute atomic E-state index is 0.0787. The average molecular weight is 691 g/mol. The number of carbonyl (C=O) groups is 2. The molecule has 0 spiro atoms. The number of sulfonamides is 1. The van der Waals surface area contributed by atoms with Crippen LogP contribution >= 0.6 is 15.9 Å². The Morgan fingerprint density at radius 2 is 1.38 bits per heavy atom. The summed E-state index contributed by atoms with van der Waals surface area (Å²) in [5.41, 5.74) is 3.13. The van der Waals surface area contributed by atoms with Gasteiger partial charge in [0, 0.05) is 24.0 Å². The fourth-order valence-electron chi connectivity index (χ4n) is 4.99. The summed E-state index contributed by atoms with van der Waals surface area (Å²) in [5, 5.41) is 3.02. The van der Waals surface area contributed by atoms with E-state index in [9.17, 15) is 18.0 Å². The zero-order valence-corrected chi connectivity index (χ0v) is 28.1. The molecule has 4 aromatic rings. The molecule has 1 N–H and O–H groups in total. The second kappa shape index (κ2) is 16.4. The van der Waals surface area contributed by atoms with Crippen LogP contribution in [0.5, 0.6) is 0 Å². The van der Waals surface area contributed by atoms with Crippen LogP contribution in [-0.4, -0.2) is 44.3 Å². The van der Waals surface area contributed by atoms with Gasteiger partial charge in [0.15, 0.2) is 0 Å². The maximum atomic E-state index is 14.5. The molecule has 0 saturated heterocycles. The third kappa shape index (κ3) is 9.28. The molecular formula is C36H40BrN3O4S. The highest BCUT2D eigenvalue weighted by molar-refractivity contribution is 9.10. The molecule has 0 aliphatic carbocycles. The first-order valence-electron chi connectivity index (χ1n) is 15.2. The molecule has 0 aromatic heterocycles. The zero-order chi connectivity index (χ0) is 32.2. The number of hydrogen-bond donors (Lipinski definition) is 1. The Balaban J connectivity index is 1.77. The summed E-state index contributed by atoms with van der Waals surface area (Å²) >= 11 is 3.47. The van der Waals surface area contributed by atoms with E-state index in [1.54, 1.807) is 30.3 Å². The number of hydrogen-bond acceptors (Lipinski definition) is 4. The van der Waals surface area contributed by atoms with E-state index in [0.717, 1.165) is 44.7 Å². The summed E-state index contributed by atoms with van der Waals surface area (Å²) in [7, 11) is -4.12. The van der Waals surface area contributed by atoms with Gasteiger partial charge in [0.1, 0.15) is 12.6 Å². The van der Waals surface area contributed by atoms with Crippen LogP contribution in [-0.2, 0) is 39.0 Å². The lowest BCUT2D eigenvalue weighted by Crippen LogP contribution is -2.53. The van der Waals surface area contributed by atoms with E-state index in [1.807, 2.05) is 80.6 Å². The van der Waals surface area contributed by atoms with E-state index in [-0.39, 0.29) is 23.8 Å². The van der Waals surface area contributed by atoms with Gasteiger partial charge in [0.2, 0.25) is 11.8 Å². The predicted molar refractivity (Wildman–Crippen MR) is 183 cm³/mol. The van der Waals surface area contributed by atoms with Gasteiger partial charge in [0.05, 0.1) is 10.6 Å². The topological polar surface area (TPSA) is 86.8 Å². The highest BCUT2D eigenvalue weighted by Crippen LogP contribution is 2.26. The molecule has 0 radical (unpaired) electrons. The van der Waals surface area contributed by atoms with Gasteiger partial charge >= 0.3 is 0 Å². The molecule has 0 heterocycles. The number of anilines is 1. The van der Waals surface area contributed by atoms with Crippen LogP contribution in [0.15, 0.2) is 119 Å². The molecule has 0 unspecified atom stereocenters. The van der Waals surface area contributed by atoms with Crippen molar-refractivity contribution in [2.24, 2.45) is 0 Å². The normalized spacial score (nSPS) is 11.9. The molecule has 0 saturated carbocycles. The maximum absolute atomic E-state index is 14.5. The van der Waals surface area contributed by atoms with Crippen molar-refractivity contribution in [3.8, 4) is 0 Å². The third-order valence-corrected chi connectivity index (χ3v) is 9.93. The van der Waals surface area contributed by atoms with Crippen LogP contribution in [0.2, 0.25) is 0 Å². The number of nitrogens with one attached hydrogen (secondary N) is 1. The van der Waals surface area contributed by atoms with Crippen molar-refractivity contribution < 1.29 is 18.0 Å². The SMILES string of the molecule is CCCCNC(=O)[C@@H](Cc1ccccc1)N(Cc1ccc(Br)cc1)C(=O)CN(c1ccc(CC)cc1)S(=O)(=O)c1ccccc1. The smallest absolute Gasteiger partial charge is 0.264 e. The fourth-order valence-corrected chi connectivity index (χ4v) is 6.69. The average Bonchev–Trinajstić information content (AvgIpc) is 3.07. The number of carbonyl (C=O) groups excluding carboxylic acids is 2. The first-order chi connectivity index (χ1) is 21.7. The molecular weight excluding hydrogens is 650 g/mol. The second-order valence-electron chi connectivity index (χ2n) is 10.8. The van der Waals surface area contributed by atoms with Crippen LogP contribution in [0.3, 0.4) is 0 Å². The minimum Gasteiger partial charge on any atom is -0.354 e. The zero-order valence-electron chi connectivity index (χ0n) is 25.7. The summed E-state index contributed by atoms with van der Waals surface area (Å²) in [6.45, 7) is 4.20. The van der Waals surface area contributed by atoms with E-state index in [2.05, 4.69) is 21.2 Å². The molecule has 236 valence electrons. The minimum atomic E-state index is -4.12. The lowest BCUT2D eigenvalue weighted by Gasteiger charge is -2.34. The van der Waals surface area contributed by atoms with Gasteiger partial charge in [0.25, 0.3) is 10.0 Å². The van der Waals surface area contributed by atoms with Crippen molar-refractivity contribution in [1.29, 1.82) is 0 Å². The monoisotopic (exact) mass is 689 g/mol. The molecule has 0 fully saturated rings. The first-order valence-corrected chi connectivity index (χ1v) is 17.5. The highest BCUT2D eigenvalue weighted by atomic mass is 79.9. The number of unbranched alkanes of at least 4 members (excludes halogenated alkanes) is 1. The summed E-state index contributed by atoms with van der Waals surface area (Å²) in [5.74, 6) is -0.758. The summed E-state index contributed by atoms with van der Waals surface area (Å²) in [4.78, 5) is 29.9. The van der Waals surface area contributed by atoms with E-state index in [1.165, 1.54) is 17.0 Å². The molecule has 4 aromatic carbocycles. The lowest BCUT2D eigenvalue weighted by molar-refractivity contribution is -0.140. The Kier molecular flexibility index (Phi) is 12.4. The van der Waals surface area contributed by atoms with Crippen molar-refractivity contribution in [2.45, 2.75) is 57.0 Å². The Morgan fingerprint density at radius 3 is 1.98 bits per heavy atom. The quantitative estimate of drug-likeness (QED) is 0.140. The lowest BCUT2D eigenvalue weighted by atomic mass is 10.0. The molecule has 9 heteroatoms. The molecule has 0 bridgehead atoms. The molecule has 4 rings (SSSR count). The van der Waals surface area contributed by atoms with Gasteiger partial charge in [-0.2, -0.15) is 0 Å². The Bertz CT molecular complexity index is 1630. The summed E-state index contributed by atoms with van der Waals surface area (Å²) < 4.78 is 30.2. The largest absolute Gasteiger partial charge is 0.354 e. The van der Waals surface area contributed by atoms with Gasteiger partial charge in [-0.3, -0.25) is 13.9 Å².